The van der Waals surface area contributed by atoms with Gasteiger partial charge in [-0.05, 0) is 55.9 Å². The molecule has 34 heavy (non-hydrogen) atoms. The molecule has 0 aromatic heterocycles. The third kappa shape index (κ3) is 5.18. The molecule has 2 saturated carbocycles. The predicted octanol–water partition coefficient (Wildman–Crippen LogP) is 3.00. The third-order valence-corrected chi connectivity index (χ3v) is 8.32. The zero-order chi connectivity index (χ0) is 24.9. The minimum atomic E-state index is -0.648. The summed E-state index contributed by atoms with van der Waals surface area (Å²) in [5.41, 5.74) is -0.120. The van der Waals surface area contributed by atoms with E-state index in [1.54, 1.807) is 7.11 Å². The van der Waals surface area contributed by atoms with Crippen LogP contribution in [0.2, 0.25) is 0 Å². The summed E-state index contributed by atoms with van der Waals surface area (Å²) < 4.78 is 11.1. The van der Waals surface area contributed by atoms with Crippen LogP contribution in [0.3, 0.4) is 0 Å². The highest BCUT2D eigenvalue weighted by atomic mass is 16.6. The number of nitrogens with one attached hydrogen (secondary N) is 2. The van der Waals surface area contributed by atoms with Crippen molar-refractivity contribution in [1.82, 2.24) is 10.6 Å². The van der Waals surface area contributed by atoms with Gasteiger partial charge in [0.2, 0.25) is 5.91 Å². The zero-order valence-electron chi connectivity index (χ0n) is 20.8. The Morgan fingerprint density at radius 2 is 1.88 bits per heavy atom. The third-order valence-electron chi connectivity index (χ3n) is 8.32. The van der Waals surface area contributed by atoms with Gasteiger partial charge in [-0.2, -0.15) is 0 Å². The van der Waals surface area contributed by atoms with Crippen LogP contribution in [0.5, 0.6) is 5.75 Å². The molecule has 3 rings (SSSR count). The van der Waals surface area contributed by atoms with Crippen LogP contribution in [0.1, 0.15) is 58.4 Å². The van der Waals surface area contributed by atoms with Gasteiger partial charge in [-0.1, -0.05) is 32.0 Å². The van der Waals surface area contributed by atoms with Crippen molar-refractivity contribution in [2.75, 3.05) is 20.3 Å². The number of rotatable bonds is 8. The lowest BCUT2D eigenvalue weighted by molar-refractivity contribution is -0.185. The van der Waals surface area contributed by atoms with E-state index in [4.69, 9.17) is 9.47 Å². The molecule has 0 bridgehead atoms. The number of fused-ring (bicyclic) bond motifs is 1. The molecule has 0 spiro atoms. The van der Waals surface area contributed by atoms with Gasteiger partial charge < -0.3 is 30.3 Å². The summed E-state index contributed by atoms with van der Waals surface area (Å²) in [5, 5.41) is 27.1. The van der Waals surface area contributed by atoms with Crippen LogP contribution in [-0.4, -0.2) is 54.7 Å². The molecule has 2 amide bonds. The molecular weight excluding hydrogens is 436 g/mol. The summed E-state index contributed by atoms with van der Waals surface area (Å²) in [6, 6.07) is 7.55. The molecule has 2 aliphatic rings. The molecule has 2 aliphatic carbocycles. The van der Waals surface area contributed by atoms with E-state index in [0.717, 1.165) is 11.3 Å². The number of hydrogen-bond donors (Lipinski definition) is 4. The second-order valence-corrected chi connectivity index (χ2v) is 10.2. The largest absolute Gasteiger partial charge is 0.496 e. The Hall–Kier alpha value is -2.32. The van der Waals surface area contributed by atoms with Crippen LogP contribution < -0.4 is 15.4 Å². The monoisotopic (exact) mass is 476 g/mol. The van der Waals surface area contributed by atoms with E-state index < -0.39 is 23.7 Å². The molecule has 8 heteroatoms. The highest BCUT2D eigenvalue weighted by Crippen LogP contribution is 2.61. The molecule has 2 fully saturated rings. The summed E-state index contributed by atoms with van der Waals surface area (Å²) in [5.74, 6) is 0.355. The summed E-state index contributed by atoms with van der Waals surface area (Å²) in [4.78, 5) is 25.1. The average Bonchev–Trinajstić information content (AvgIpc) is 2.82. The Morgan fingerprint density at radius 3 is 2.56 bits per heavy atom. The smallest absolute Gasteiger partial charge is 0.407 e. The Kier molecular flexibility index (Phi) is 8.47. The highest BCUT2D eigenvalue weighted by molar-refractivity contribution is 5.76. The van der Waals surface area contributed by atoms with Gasteiger partial charge in [0.25, 0.3) is 0 Å². The number of aliphatic hydroxyl groups is 2. The second-order valence-electron chi connectivity index (χ2n) is 10.2. The number of hydrogen-bond acceptors (Lipinski definition) is 6. The highest BCUT2D eigenvalue weighted by Gasteiger charge is 2.60. The molecule has 0 saturated heterocycles. The van der Waals surface area contributed by atoms with Gasteiger partial charge in [-0.25, -0.2) is 4.79 Å². The Morgan fingerprint density at radius 1 is 1.15 bits per heavy atom. The van der Waals surface area contributed by atoms with E-state index in [2.05, 4.69) is 17.6 Å². The van der Waals surface area contributed by atoms with Crippen molar-refractivity contribution < 1.29 is 29.3 Å². The Labute approximate surface area is 202 Å². The van der Waals surface area contributed by atoms with E-state index in [9.17, 15) is 19.8 Å². The van der Waals surface area contributed by atoms with Crippen molar-refractivity contribution in [3.8, 4) is 5.75 Å². The van der Waals surface area contributed by atoms with Crippen LogP contribution in [0.15, 0.2) is 24.3 Å². The number of amides is 2. The number of aliphatic hydroxyl groups excluding tert-OH is 2. The topological polar surface area (TPSA) is 117 Å². The lowest BCUT2D eigenvalue weighted by atomic mass is 9.46. The number of para-hydroxylation sites is 1. The van der Waals surface area contributed by atoms with Gasteiger partial charge in [-0.15, -0.1) is 0 Å². The van der Waals surface area contributed by atoms with E-state index >= 15 is 0 Å². The normalized spacial score (nSPS) is 32.9. The van der Waals surface area contributed by atoms with Crippen molar-refractivity contribution in [1.29, 1.82) is 0 Å². The molecule has 1 aromatic rings. The predicted molar refractivity (Wildman–Crippen MR) is 128 cm³/mol. The van der Waals surface area contributed by atoms with Crippen LogP contribution in [0, 0.1) is 22.7 Å². The number of carbonyl (C=O) groups excluding carboxylic acids is 2. The van der Waals surface area contributed by atoms with Crippen LogP contribution >= 0.6 is 0 Å². The molecule has 0 aliphatic heterocycles. The second kappa shape index (κ2) is 11.0. The standard InChI is InChI=1S/C26H40N2O6/c1-5-27-24(32)34-22-12-13-25(2)18(19(30)10-11-21(25)26(22,3)16-29)14-23(31)28-15-17-8-6-7-9-20(17)33-4/h6-9,18-19,21-22,29-30H,5,10-16H2,1-4H3,(H,27,32)(H,28,31)/t18-,19-,21+,22+,25-,26+/m1/s1. The van der Waals surface area contributed by atoms with Crippen LogP contribution in [0.25, 0.3) is 0 Å². The molecule has 6 atom stereocenters. The Balaban J connectivity index is 1.74. The summed E-state index contributed by atoms with van der Waals surface area (Å²) in [7, 11) is 1.60. The van der Waals surface area contributed by atoms with Gasteiger partial charge in [0.05, 0.1) is 19.8 Å². The van der Waals surface area contributed by atoms with Gasteiger partial charge in [0.1, 0.15) is 11.9 Å². The van der Waals surface area contributed by atoms with E-state index in [1.165, 1.54) is 0 Å². The van der Waals surface area contributed by atoms with Gasteiger partial charge >= 0.3 is 6.09 Å². The number of benzene rings is 1. The molecule has 0 unspecified atom stereocenters. The first-order chi connectivity index (χ1) is 16.2. The van der Waals surface area contributed by atoms with Gasteiger partial charge in [0, 0.05) is 30.5 Å². The minimum absolute atomic E-state index is 0.00796. The number of methoxy groups -OCH3 is 1. The molecule has 1 aromatic carbocycles. The van der Waals surface area contributed by atoms with Crippen molar-refractivity contribution in [2.45, 2.75) is 71.6 Å². The van der Waals surface area contributed by atoms with E-state index in [1.807, 2.05) is 38.1 Å². The van der Waals surface area contributed by atoms with Gasteiger partial charge in [-0.3, -0.25) is 4.79 Å². The number of carbonyl (C=O) groups is 2. The van der Waals surface area contributed by atoms with Crippen molar-refractivity contribution in [2.24, 2.45) is 22.7 Å². The molecule has 0 radical (unpaired) electrons. The van der Waals surface area contributed by atoms with Crippen LogP contribution in [0.4, 0.5) is 4.79 Å². The first-order valence-electron chi connectivity index (χ1n) is 12.3. The molecule has 4 N–H and O–H groups in total. The zero-order valence-corrected chi connectivity index (χ0v) is 20.8. The summed E-state index contributed by atoms with van der Waals surface area (Å²) >= 11 is 0. The number of ether oxygens (including phenoxy) is 2. The molecule has 0 heterocycles. The lowest BCUT2D eigenvalue weighted by Gasteiger charge is -2.60. The SMILES string of the molecule is CCNC(=O)O[C@H]1CC[C@@]2(C)[C@H](CC[C@@H](O)[C@H]2CC(=O)NCc2ccccc2OC)[C@]1(C)CO. The maximum absolute atomic E-state index is 13.0. The maximum atomic E-state index is 13.0. The van der Waals surface area contributed by atoms with E-state index in [0.29, 0.717) is 38.8 Å². The minimum Gasteiger partial charge on any atom is -0.496 e. The average molecular weight is 477 g/mol. The first kappa shape index (κ1) is 26.3. The molecule has 190 valence electrons. The Bertz CT molecular complexity index is 863. The molecule has 8 nitrogen and oxygen atoms in total. The van der Waals surface area contributed by atoms with Crippen LogP contribution in [-0.2, 0) is 16.1 Å². The van der Waals surface area contributed by atoms with Crippen molar-refractivity contribution in [3.63, 3.8) is 0 Å². The quantitative estimate of drug-likeness (QED) is 0.458. The van der Waals surface area contributed by atoms with Crippen molar-refractivity contribution >= 4 is 12.0 Å². The maximum Gasteiger partial charge on any atom is 0.407 e. The van der Waals surface area contributed by atoms with Gasteiger partial charge in [0.15, 0.2) is 0 Å². The fraction of sp³-hybridized carbons (Fsp3) is 0.692. The number of alkyl carbamates (subject to hydrolysis) is 1. The van der Waals surface area contributed by atoms with E-state index in [-0.39, 0.29) is 36.2 Å². The fourth-order valence-corrected chi connectivity index (χ4v) is 6.41. The first-order valence-corrected chi connectivity index (χ1v) is 12.3. The fourth-order valence-electron chi connectivity index (χ4n) is 6.41. The molecular formula is C26H40N2O6. The van der Waals surface area contributed by atoms with Crippen molar-refractivity contribution in [3.05, 3.63) is 29.8 Å². The summed E-state index contributed by atoms with van der Waals surface area (Å²) in [6.07, 6.45) is 1.26. The summed E-state index contributed by atoms with van der Waals surface area (Å²) in [6.45, 7) is 6.62. The lowest BCUT2D eigenvalue weighted by Crippen LogP contribution is -2.61.